The van der Waals surface area contributed by atoms with Crippen molar-refractivity contribution in [2.24, 2.45) is 5.73 Å². The van der Waals surface area contributed by atoms with E-state index in [4.69, 9.17) is 15.2 Å². The zero-order chi connectivity index (χ0) is 10.7. The predicted molar refractivity (Wildman–Crippen MR) is 47.4 cm³/mol. The Balaban J connectivity index is 2.52. The van der Waals surface area contributed by atoms with Crippen LogP contribution in [0.3, 0.4) is 0 Å². The molecule has 0 aromatic rings. The molecule has 0 aromatic carbocycles. The second-order valence-corrected chi connectivity index (χ2v) is 3.34. The highest BCUT2D eigenvalue weighted by Crippen LogP contribution is 2.21. The van der Waals surface area contributed by atoms with Crippen LogP contribution in [0.25, 0.3) is 0 Å². The van der Waals surface area contributed by atoms with Gasteiger partial charge in [-0.1, -0.05) is 0 Å². The Kier molecular flexibility index (Phi) is 4.24. The zero-order valence-corrected chi connectivity index (χ0v) is 8.04. The van der Waals surface area contributed by atoms with Crippen molar-refractivity contribution in [3.8, 4) is 0 Å². The van der Waals surface area contributed by atoms with Gasteiger partial charge in [0.2, 0.25) is 0 Å². The van der Waals surface area contributed by atoms with E-state index in [-0.39, 0.29) is 6.61 Å². The van der Waals surface area contributed by atoms with Gasteiger partial charge in [-0.05, 0) is 6.92 Å². The number of nitrogens with two attached hydrogens (primary N) is 1. The van der Waals surface area contributed by atoms with E-state index in [1.54, 1.807) is 6.92 Å². The van der Waals surface area contributed by atoms with Crippen LogP contribution in [0.5, 0.6) is 0 Å². The molecule has 5 atom stereocenters. The lowest BCUT2D eigenvalue weighted by Gasteiger charge is -2.38. The third-order valence-corrected chi connectivity index (χ3v) is 2.21. The number of aliphatic hydroxyl groups excluding tert-OH is 3. The van der Waals surface area contributed by atoms with Crippen LogP contribution in [0.15, 0.2) is 0 Å². The predicted octanol–water partition coefficient (Wildman–Crippen LogP) is -2.21. The summed E-state index contributed by atoms with van der Waals surface area (Å²) in [6.07, 6.45) is -5.08. The molecule has 0 aromatic heterocycles. The van der Waals surface area contributed by atoms with E-state index in [0.717, 1.165) is 0 Å². The molecule has 0 amide bonds. The second-order valence-electron chi connectivity index (χ2n) is 3.34. The van der Waals surface area contributed by atoms with Gasteiger partial charge in [0.05, 0.1) is 12.7 Å². The van der Waals surface area contributed by atoms with E-state index in [1.807, 2.05) is 0 Å². The number of rotatable bonds is 3. The Hall–Kier alpha value is -0.240. The van der Waals surface area contributed by atoms with E-state index in [1.165, 1.54) is 0 Å². The summed E-state index contributed by atoms with van der Waals surface area (Å²) >= 11 is 0. The van der Waals surface area contributed by atoms with Crippen LogP contribution in [0.2, 0.25) is 0 Å². The van der Waals surface area contributed by atoms with Crippen molar-refractivity contribution >= 4 is 0 Å². The molecule has 0 bridgehead atoms. The molecular formula is C8H17NO5. The molecule has 1 rings (SSSR count). The van der Waals surface area contributed by atoms with Crippen LogP contribution in [-0.4, -0.2) is 59.2 Å². The highest BCUT2D eigenvalue weighted by Gasteiger charge is 2.42. The van der Waals surface area contributed by atoms with Crippen LogP contribution in [-0.2, 0) is 9.47 Å². The molecule has 0 radical (unpaired) electrons. The third kappa shape index (κ3) is 2.41. The van der Waals surface area contributed by atoms with E-state index in [0.29, 0.717) is 6.54 Å². The van der Waals surface area contributed by atoms with Crippen molar-refractivity contribution in [1.82, 2.24) is 0 Å². The summed E-state index contributed by atoms with van der Waals surface area (Å²) in [5, 5.41) is 28.2. The number of aliphatic hydroxyl groups is 3. The maximum absolute atomic E-state index is 9.45. The lowest BCUT2D eigenvalue weighted by molar-refractivity contribution is -0.292. The maximum Gasteiger partial charge on any atom is 0.186 e. The van der Waals surface area contributed by atoms with Crippen LogP contribution in [0, 0.1) is 0 Å². The normalized spacial score (nSPS) is 43.9. The molecule has 1 fully saturated rings. The van der Waals surface area contributed by atoms with Gasteiger partial charge in [-0.25, -0.2) is 0 Å². The van der Waals surface area contributed by atoms with Gasteiger partial charge in [-0.15, -0.1) is 0 Å². The minimum Gasteiger partial charge on any atom is -0.388 e. The highest BCUT2D eigenvalue weighted by atomic mass is 16.7. The third-order valence-electron chi connectivity index (χ3n) is 2.21. The molecule has 6 heteroatoms. The molecule has 84 valence electrons. The average molecular weight is 207 g/mol. The van der Waals surface area contributed by atoms with Crippen molar-refractivity contribution in [2.75, 3.05) is 13.2 Å². The van der Waals surface area contributed by atoms with Crippen LogP contribution < -0.4 is 5.73 Å². The number of hydrogen-bond donors (Lipinski definition) is 4. The lowest BCUT2D eigenvalue weighted by Crippen LogP contribution is -2.57. The minimum absolute atomic E-state index is 0.233. The zero-order valence-electron chi connectivity index (χ0n) is 8.04. The molecule has 2 unspecified atom stereocenters. The summed E-state index contributed by atoms with van der Waals surface area (Å²) in [5.41, 5.74) is 5.21. The van der Waals surface area contributed by atoms with Crippen molar-refractivity contribution in [1.29, 1.82) is 0 Å². The fourth-order valence-electron chi connectivity index (χ4n) is 1.34. The Morgan fingerprint density at radius 1 is 1.21 bits per heavy atom. The molecule has 6 nitrogen and oxygen atoms in total. The largest absolute Gasteiger partial charge is 0.388 e. The Labute approximate surface area is 82.2 Å². The first-order valence-electron chi connectivity index (χ1n) is 4.59. The molecule has 1 aliphatic rings. The van der Waals surface area contributed by atoms with Gasteiger partial charge in [0.1, 0.15) is 18.3 Å². The highest BCUT2D eigenvalue weighted by molar-refractivity contribution is 4.87. The quantitative estimate of drug-likeness (QED) is 0.418. The van der Waals surface area contributed by atoms with Crippen molar-refractivity contribution in [2.45, 2.75) is 37.6 Å². The van der Waals surface area contributed by atoms with E-state index in [9.17, 15) is 15.3 Å². The first-order valence-corrected chi connectivity index (χ1v) is 4.59. The monoisotopic (exact) mass is 207 g/mol. The summed E-state index contributed by atoms with van der Waals surface area (Å²) in [6.45, 7) is 2.13. The first kappa shape index (κ1) is 11.8. The summed E-state index contributed by atoms with van der Waals surface area (Å²) < 4.78 is 10.2. The SMILES string of the molecule is C[C@@H]1OC(OCCN)[C@@H](O)C(O)[C@H]1O. The maximum atomic E-state index is 9.45. The molecule has 0 aliphatic carbocycles. The summed E-state index contributed by atoms with van der Waals surface area (Å²) in [7, 11) is 0. The molecule has 0 spiro atoms. The Morgan fingerprint density at radius 2 is 1.86 bits per heavy atom. The second kappa shape index (κ2) is 5.01. The van der Waals surface area contributed by atoms with Gasteiger partial charge in [0.25, 0.3) is 0 Å². The minimum atomic E-state index is -1.25. The van der Waals surface area contributed by atoms with Gasteiger partial charge >= 0.3 is 0 Å². The smallest absolute Gasteiger partial charge is 0.186 e. The molecule has 1 heterocycles. The summed E-state index contributed by atoms with van der Waals surface area (Å²) in [5.74, 6) is 0. The standard InChI is InChI=1S/C8H17NO5/c1-4-5(10)6(11)7(12)8(14-4)13-3-2-9/h4-8,10-12H,2-3,9H2,1H3/t4-,5-,6?,7-,8?/m0/s1. The summed E-state index contributed by atoms with van der Waals surface area (Å²) in [4.78, 5) is 0. The molecule has 1 saturated heterocycles. The van der Waals surface area contributed by atoms with E-state index < -0.39 is 30.7 Å². The average Bonchev–Trinajstić information content (AvgIpc) is 2.18. The van der Waals surface area contributed by atoms with Crippen LogP contribution >= 0.6 is 0 Å². The van der Waals surface area contributed by atoms with Crippen LogP contribution in [0.4, 0.5) is 0 Å². The van der Waals surface area contributed by atoms with Crippen LogP contribution in [0.1, 0.15) is 6.92 Å². The van der Waals surface area contributed by atoms with Gasteiger partial charge in [0.15, 0.2) is 6.29 Å². The fourth-order valence-corrected chi connectivity index (χ4v) is 1.34. The van der Waals surface area contributed by atoms with Gasteiger partial charge in [-0.3, -0.25) is 0 Å². The van der Waals surface area contributed by atoms with Crippen molar-refractivity contribution in [3.63, 3.8) is 0 Å². The molecular weight excluding hydrogens is 190 g/mol. The summed E-state index contributed by atoms with van der Waals surface area (Å²) in [6, 6.07) is 0. The topological polar surface area (TPSA) is 105 Å². The van der Waals surface area contributed by atoms with Crippen molar-refractivity contribution < 1.29 is 24.8 Å². The molecule has 5 N–H and O–H groups in total. The molecule has 1 aliphatic heterocycles. The molecule has 14 heavy (non-hydrogen) atoms. The first-order chi connectivity index (χ1) is 6.57. The molecule has 0 saturated carbocycles. The van der Waals surface area contributed by atoms with Gasteiger partial charge in [0, 0.05) is 6.54 Å². The van der Waals surface area contributed by atoms with E-state index >= 15 is 0 Å². The van der Waals surface area contributed by atoms with Crippen molar-refractivity contribution in [3.05, 3.63) is 0 Å². The lowest BCUT2D eigenvalue weighted by atomic mass is 10.0. The fraction of sp³-hybridized carbons (Fsp3) is 1.00. The van der Waals surface area contributed by atoms with E-state index in [2.05, 4.69) is 0 Å². The van der Waals surface area contributed by atoms with Gasteiger partial charge < -0.3 is 30.5 Å². The number of ether oxygens (including phenoxy) is 2. The Morgan fingerprint density at radius 3 is 2.43 bits per heavy atom. The van der Waals surface area contributed by atoms with Gasteiger partial charge in [-0.2, -0.15) is 0 Å². The number of hydrogen-bond acceptors (Lipinski definition) is 6. The Bertz CT molecular complexity index is 179.